The Hall–Kier alpha value is -7.74. The van der Waals surface area contributed by atoms with Gasteiger partial charge in [-0.25, -0.2) is 19.2 Å². The fourth-order valence-corrected chi connectivity index (χ4v) is 11.7. The van der Waals surface area contributed by atoms with Gasteiger partial charge in [-0.3, -0.25) is 33.6 Å². The summed E-state index contributed by atoms with van der Waals surface area (Å²) < 4.78 is 16.6. The van der Waals surface area contributed by atoms with Gasteiger partial charge in [0.15, 0.2) is 0 Å². The molecule has 15 N–H and O–H groups in total. The number of carbonyl (C=O) groups is 11. The summed E-state index contributed by atoms with van der Waals surface area (Å²) in [6, 6.07) is -2.63. The van der Waals surface area contributed by atoms with Crippen molar-refractivity contribution in [2.75, 3.05) is 32.7 Å². The van der Waals surface area contributed by atoms with E-state index in [4.69, 9.17) is 21.7 Å². The molecule has 0 aliphatic rings. The molecular formula is C43H68CmFN10O15Si-. The van der Waals surface area contributed by atoms with Crippen molar-refractivity contribution in [3.63, 3.8) is 0 Å². The minimum absolute atomic E-state index is 0. The van der Waals surface area contributed by atoms with Crippen LogP contribution >= 0.6 is 0 Å². The molecule has 0 spiro atoms. The molecule has 8 amide bonds. The van der Waals surface area contributed by atoms with E-state index in [9.17, 15) is 63.0 Å². The van der Waals surface area contributed by atoms with Crippen LogP contribution in [0.3, 0.4) is 0 Å². The number of carboxylic acid groups (broad SMARTS) is 4. The first-order valence-corrected chi connectivity index (χ1v) is 24.2. The minimum atomic E-state index is -3.56. The third kappa shape index (κ3) is 21.6. The molecule has 1 aromatic rings. The van der Waals surface area contributed by atoms with Crippen LogP contribution in [-0.2, 0) is 43.2 Å². The number of urea groups is 1. The van der Waals surface area contributed by atoms with Crippen molar-refractivity contribution in [2.45, 2.75) is 133 Å². The number of benzene rings is 1. The first-order valence-electron chi connectivity index (χ1n) is 22.3. The van der Waals surface area contributed by atoms with Crippen LogP contribution in [0.5, 0.6) is 0 Å². The summed E-state index contributed by atoms with van der Waals surface area (Å²) >= 11 is 0. The van der Waals surface area contributed by atoms with Crippen LogP contribution in [0.4, 0.5) is 8.90 Å². The minimum Gasteiger partial charge on any atom is -0.665 e. The van der Waals surface area contributed by atoms with E-state index in [1.807, 2.05) is 52.2 Å². The van der Waals surface area contributed by atoms with E-state index in [1.54, 1.807) is 12.1 Å². The maximum absolute atomic E-state index is 16.6. The maximum atomic E-state index is 16.6. The Morgan fingerprint density at radius 2 is 1.06 bits per heavy atom. The van der Waals surface area contributed by atoms with Crippen molar-refractivity contribution in [1.82, 2.24) is 42.5 Å². The Morgan fingerprint density at radius 3 is 1.52 bits per heavy atom. The van der Waals surface area contributed by atoms with Crippen molar-refractivity contribution in [1.29, 1.82) is 0 Å². The molecule has 0 aromatic heterocycles. The largest absolute Gasteiger partial charge is 0.665 e. The van der Waals surface area contributed by atoms with Gasteiger partial charge in [-0.2, -0.15) is 0 Å². The molecule has 0 unspecified atom stereocenters. The molecule has 0 aliphatic heterocycles. The summed E-state index contributed by atoms with van der Waals surface area (Å²) in [6.45, 7) is 10.1. The zero-order chi connectivity index (χ0) is 53.6. The van der Waals surface area contributed by atoms with E-state index in [2.05, 4.69) is 31.9 Å². The molecule has 1 rings (SSSR count). The third-order valence-electron chi connectivity index (χ3n) is 10.7. The number of rotatable bonds is 30. The van der Waals surface area contributed by atoms with E-state index >= 15 is 4.11 Å². The molecule has 25 nitrogen and oxygen atoms in total. The predicted molar refractivity (Wildman–Crippen MR) is 251 cm³/mol. The monoisotopic (exact) mass is 1250 g/mol. The third-order valence-corrected chi connectivity index (χ3v) is 16.0. The van der Waals surface area contributed by atoms with Crippen molar-refractivity contribution in [3.05, 3.63) is 35.6 Å². The molecule has 0 bridgehead atoms. The Kier molecular flexibility index (Phi) is 26.1. The van der Waals surface area contributed by atoms with E-state index in [1.165, 1.54) is 12.1 Å². The molecule has 5 atom stereocenters. The molecule has 1 aromatic carbocycles. The van der Waals surface area contributed by atoms with Crippen LogP contribution in [0.25, 0.3) is 5.73 Å². The zero-order valence-electron chi connectivity index (χ0n) is 40.5. The molecular weight excluding hydrogens is 1190 g/mol. The molecule has 0 aliphatic carbocycles. The number of halogens is 1. The van der Waals surface area contributed by atoms with Crippen LogP contribution in [-0.4, -0.2) is 157 Å². The summed E-state index contributed by atoms with van der Waals surface area (Å²) in [7, 11) is -3.56. The van der Waals surface area contributed by atoms with E-state index in [-0.39, 0.29) is 57.4 Å². The van der Waals surface area contributed by atoms with Gasteiger partial charge in [-0.15, -0.1) is 0 Å². The predicted octanol–water partition coefficient (Wildman–Crippen LogP) is -0.668. The van der Waals surface area contributed by atoms with Gasteiger partial charge in [0.2, 0.25) is 29.5 Å². The molecule has 0 heterocycles. The number of hydrogen-bond acceptors (Lipinski definition) is 12. The summed E-state index contributed by atoms with van der Waals surface area (Å²) in [5, 5.41) is 54.6. The van der Waals surface area contributed by atoms with E-state index in [0.717, 1.165) is 0 Å². The Labute approximate surface area is 405 Å². The van der Waals surface area contributed by atoms with Gasteiger partial charge < -0.3 is 78.5 Å². The standard InChI is InChI=1S/C43H68FN10O15Si.Cm/c1-42(2,3)70(44,43(4,5)6)25-11-9-24(10-12-25)35(60)50-23-26(46)36(61)52-30(22-45)37(62)49-21-18-32(56)48-20-17-31(55)47-19-7-8-27(38(63)64)51-33(57)15-13-28(39(65)66)53-41(69)54-29(40(67)68)14-16-34(58)59;/h9-12,26-30,46H,7-8,13-23,45H2,1-6H3,(H,47,55)(H,48,56)(H,49,62)(H,50,60)(H,51,57)(H,52,61)(H,58,59)(H,63,64)(H,65,66)(H,67,68)(H2,53,54,69);/q-1;/t26-,27-,28+,29+,30-;/m1./s1. The average Bonchev–Trinajstić information content (AvgIpc) is 3.26. The fourth-order valence-electron chi connectivity index (χ4n) is 7.12. The molecule has 0 radical (unpaired) electrons. The second-order valence-electron chi connectivity index (χ2n) is 18.3. The zero-order valence-corrected chi connectivity index (χ0v) is 44.4. The summed E-state index contributed by atoms with van der Waals surface area (Å²) in [5.74, 6) is -10.1. The first kappa shape index (κ1) is 63.3. The van der Waals surface area contributed by atoms with Crippen LogP contribution in [0.2, 0.25) is 10.1 Å². The van der Waals surface area contributed by atoms with Crippen LogP contribution in [0.15, 0.2) is 24.3 Å². The fraction of sp³-hybridized carbons (Fsp3) is 0.605. The number of hydrogen-bond donors (Lipinski definition) is 13. The quantitative estimate of drug-likeness (QED) is 0.0258. The van der Waals surface area contributed by atoms with Gasteiger partial charge in [0.05, 0.1) is 0 Å². The summed E-state index contributed by atoms with van der Waals surface area (Å²) in [5.41, 5.74) is 14.0. The maximum Gasteiger partial charge on any atom is 0.326 e. The SMILES string of the molecule is CC(C)(C)[Si](F)(c1ccc(C(=O)NC[C@@H]([NH-])C(=O)N[C@H](CN)C(=O)NCCC(=O)NCCC(=O)NCCC[C@@H](NC(=O)CC[C@H](NC(=O)N[C@@H](CCC(=O)O)C(=O)O)C(=O)O)C(=O)O)cc1)C(C)(C)C.[Cm]. The summed E-state index contributed by atoms with van der Waals surface area (Å²) in [4.78, 5) is 133. The molecule has 71 heavy (non-hydrogen) atoms. The first-order chi connectivity index (χ1) is 32.4. The van der Waals surface area contributed by atoms with Crippen molar-refractivity contribution < 1.29 is 77.3 Å². The van der Waals surface area contributed by atoms with Crippen molar-refractivity contribution >= 4 is 78.9 Å². The molecule has 400 valence electrons. The van der Waals surface area contributed by atoms with Crippen LogP contribution in [0.1, 0.15) is 103 Å². The molecule has 0 fully saturated rings. The Morgan fingerprint density at radius 1 is 0.592 bits per heavy atom. The van der Waals surface area contributed by atoms with E-state index < -0.39 is 146 Å². The van der Waals surface area contributed by atoms with Crippen LogP contribution in [0, 0.1) is 0 Å². The van der Waals surface area contributed by atoms with Gasteiger partial charge in [-0.1, -0.05) is 53.7 Å². The van der Waals surface area contributed by atoms with E-state index in [0.29, 0.717) is 5.19 Å². The normalized spacial score (nSPS) is 13.5. The number of nitrogens with two attached hydrogens (primary N) is 1. The van der Waals surface area contributed by atoms with Crippen molar-refractivity contribution in [3.8, 4) is 0 Å². The Balaban J connectivity index is 0.0000490. The number of aliphatic carboxylic acids is 4. The molecule has 0 saturated carbocycles. The topological polar surface area (TPSA) is 415 Å². The number of nitrogens with one attached hydrogen (secondary N) is 9. The Bertz CT molecular complexity index is 2030. The average molecular weight is 1260 g/mol. The van der Waals surface area contributed by atoms with Crippen LogP contribution < -0.4 is 53.5 Å². The number of amides is 8. The van der Waals surface area contributed by atoms with Gasteiger partial charge in [-0.05, 0) is 59.1 Å². The summed E-state index contributed by atoms with van der Waals surface area (Å²) in [6.07, 6.45) is -2.66. The molecule has 28 heteroatoms. The number of carbonyl (C=O) groups excluding carboxylic acids is 7. The second-order valence-corrected chi connectivity index (χ2v) is 23.2. The van der Waals surface area contributed by atoms with Crippen molar-refractivity contribution in [2.24, 2.45) is 5.73 Å². The second kappa shape index (κ2) is 29.3. The van der Waals surface area contributed by atoms with Gasteiger partial charge in [0, 0.05) is 64.0 Å². The van der Waals surface area contributed by atoms with Gasteiger partial charge >= 0.3 is 29.9 Å². The van der Waals surface area contributed by atoms with Gasteiger partial charge in [0.1, 0.15) is 24.2 Å². The number of carboxylic acids is 4. The smallest absolute Gasteiger partial charge is 0.326 e. The van der Waals surface area contributed by atoms with Gasteiger partial charge in [0.25, 0.3) is 14.3 Å². The molecule has 0 saturated heterocycles.